The van der Waals surface area contributed by atoms with Gasteiger partial charge in [0.2, 0.25) is 0 Å². The predicted molar refractivity (Wildman–Crippen MR) is 66.1 cm³/mol. The Bertz CT molecular complexity index is 623. The number of H-pyrrole nitrogens is 1. The van der Waals surface area contributed by atoms with Crippen LogP contribution in [-0.4, -0.2) is 20.2 Å². The molecule has 1 N–H and O–H groups in total. The maximum absolute atomic E-state index is 5.71. The van der Waals surface area contributed by atoms with Crippen molar-refractivity contribution < 1.29 is 4.74 Å². The van der Waals surface area contributed by atoms with Gasteiger partial charge in [-0.25, -0.2) is 4.98 Å². The van der Waals surface area contributed by atoms with Crippen LogP contribution < -0.4 is 4.74 Å². The van der Waals surface area contributed by atoms with Gasteiger partial charge in [-0.1, -0.05) is 12.1 Å². The molecule has 5 heteroatoms. The summed E-state index contributed by atoms with van der Waals surface area (Å²) in [5.41, 5.74) is 0.930. The second kappa shape index (κ2) is 4.67. The Morgan fingerprint density at radius 2 is 1.89 bits per heavy atom. The lowest BCUT2D eigenvalue weighted by Crippen LogP contribution is -1.86. The molecule has 2 aromatic heterocycles. The van der Waals surface area contributed by atoms with Gasteiger partial charge in [0.1, 0.15) is 17.8 Å². The lowest BCUT2D eigenvalue weighted by molar-refractivity contribution is 0.482. The summed E-state index contributed by atoms with van der Waals surface area (Å²) in [6, 6.07) is 11.3. The summed E-state index contributed by atoms with van der Waals surface area (Å²) in [7, 11) is 0. The van der Waals surface area contributed by atoms with Crippen molar-refractivity contribution in [3.8, 4) is 22.9 Å². The van der Waals surface area contributed by atoms with E-state index in [2.05, 4.69) is 20.2 Å². The first-order valence-corrected chi connectivity index (χ1v) is 5.45. The molecule has 0 aliphatic rings. The maximum Gasteiger partial charge on any atom is 0.155 e. The summed E-state index contributed by atoms with van der Waals surface area (Å²) < 4.78 is 5.71. The minimum atomic E-state index is 0.718. The topological polar surface area (TPSA) is 63.7 Å². The molecular formula is C13H10N4O. The molecule has 5 nitrogen and oxygen atoms in total. The quantitative estimate of drug-likeness (QED) is 0.761. The molecule has 1 aromatic carbocycles. The van der Waals surface area contributed by atoms with Gasteiger partial charge in [-0.15, -0.1) is 0 Å². The molecule has 0 amide bonds. The van der Waals surface area contributed by atoms with Gasteiger partial charge in [0.15, 0.2) is 5.82 Å². The summed E-state index contributed by atoms with van der Waals surface area (Å²) in [4.78, 5) is 8.04. The highest BCUT2D eigenvalue weighted by Crippen LogP contribution is 2.24. The van der Waals surface area contributed by atoms with Crippen LogP contribution in [0.1, 0.15) is 0 Å². The van der Waals surface area contributed by atoms with Gasteiger partial charge in [0.25, 0.3) is 0 Å². The van der Waals surface area contributed by atoms with Crippen molar-refractivity contribution >= 4 is 0 Å². The van der Waals surface area contributed by atoms with E-state index >= 15 is 0 Å². The minimum Gasteiger partial charge on any atom is -0.457 e. The summed E-state index contributed by atoms with van der Waals surface area (Å²) in [5, 5.41) is 6.64. The molecule has 0 bridgehead atoms. The summed E-state index contributed by atoms with van der Waals surface area (Å²) in [6.07, 6.45) is 4.86. The van der Waals surface area contributed by atoms with Crippen LogP contribution in [0, 0.1) is 0 Å². The fraction of sp³-hybridized carbons (Fsp3) is 0. The number of aromatic nitrogens is 4. The molecule has 3 aromatic rings. The SMILES string of the molecule is c1cc(Oc2ccncc2)cc(-c2ncn[nH]2)c1. The molecule has 0 aliphatic heterocycles. The fourth-order valence-corrected chi connectivity index (χ4v) is 1.59. The number of nitrogens with zero attached hydrogens (tertiary/aromatic N) is 3. The molecule has 0 atom stereocenters. The molecule has 0 radical (unpaired) electrons. The molecule has 0 fully saturated rings. The van der Waals surface area contributed by atoms with Crippen LogP contribution in [0.5, 0.6) is 11.5 Å². The smallest absolute Gasteiger partial charge is 0.155 e. The third-order valence-corrected chi connectivity index (χ3v) is 2.41. The van der Waals surface area contributed by atoms with E-state index in [1.54, 1.807) is 24.5 Å². The summed E-state index contributed by atoms with van der Waals surface area (Å²) >= 11 is 0. The zero-order valence-electron chi connectivity index (χ0n) is 9.45. The molecular weight excluding hydrogens is 228 g/mol. The van der Waals surface area contributed by atoms with Crippen molar-refractivity contribution in [1.82, 2.24) is 20.2 Å². The van der Waals surface area contributed by atoms with Crippen molar-refractivity contribution in [3.63, 3.8) is 0 Å². The monoisotopic (exact) mass is 238 g/mol. The largest absolute Gasteiger partial charge is 0.457 e. The number of ether oxygens (including phenoxy) is 1. The van der Waals surface area contributed by atoms with Gasteiger partial charge < -0.3 is 4.74 Å². The first-order chi connectivity index (χ1) is 8.92. The molecule has 2 heterocycles. The summed E-state index contributed by atoms with van der Waals surface area (Å²) in [6.45, 7) is 0. The first kappa shape index (κ1) is 10.5. The van der Waals surface area contributed by atoms with E-state index in [9.17, 15) is 0 Å². The second-order valence-electron chi connectivity index (χ2n) is 3.65. The number of hydrogen-bond acceptors (Lipinski definition) is 4. The Hall–Kier alpha value is -2.69. The predicted octanol–water partition coefficient (Wildman–Crippen LogP) is 2.66. The number of benzene rings is 1. The van der Waals surface area contributed by atoms with Gasteiger partial charge >= 0.3 is 0 Å². The van der Waals surface area contributed by atoms with Crippen molar-refractivity contribution in [3.05, 3.63) is 55.1 Å². The van der Waals surface area contributed by atoms with Gasteiger partial charge in [0.05, 0.1) is 0 Å². The Balaban J connectivity index is 1.88. The highest BCUT2D eigenvalue weighted by Gasteiger charge is 2.03. The molecule has 3 rings (SSSR count). The number of pyridine rings is 1. The van der Waals surface area contributed by atoms with Crippen LogP contribution in [0.15, 0.2) is 55.1 Å². The third kappa shape index (κ3) is 2.20. The molecule has 0 saturated carbocycles. The zero-order valence-corrected chi connectivity index (χ0v) is 9.45. The third-order valence-electron chi connectivity index (χ3n) is 2.41. The Kier molecular flexibility index (Phi) is 2.71. The average Bonchev–Trinajstić information content (AvgIpc) is 2.94. The molecule has 0 unspecified atom stereocenters. The van der Waals surface area contributed by atoms with Crippen LogP contribution in [0.4, 0.5) is 0 Å². The van der Waals surface area contributed by atoms with Crippen LogP contribution in [0.3, 0.4) is 0 Å². The molecule has 0 saturated heterocycles. The number of nitrogens with one attached hydrogen (secondary N) is 1. The van der Waals surface area contributed by atoms with Crippen molar-refractivity contribution in [2.45, 2.75) is 0 Å². The lowest BCUT2D eigenvalue weighted by Gasteiger charge is -2.06. The standard InChI is InChI=1S/C13H10N4O/c1-2-10(13-15-9-16-17-13)8-12(3-1)18-11-4-6-14-7-5-11/h1-9H,(H,15,16,17). The summed E-state index contributed by atoms with van der Waals surface area (Å²) in [5.74, 6) is 2.21. The lowest BCUT2D eigenvalue weighted by atomic mass is 10.2. The van der Waals surface area contributed by atoms with Gasteiger partial charge in [-0.2, -0.15) is 5.10 Å². The second-order valence-corrected chi connectivity index (χ2v) is 3.65. The zero-order chi connectivity index (χ0) is 12.2. The highest BCUT2D eigenvalue weighted by atomic mass is 16.5. The maximum atomic E-state index is 5.71. The first-order valence-electron chi connectivity index (χ1n) is 5.45. The van der Waals surface area contributed by atoms with Gasteiger partial charge in [-0.05, 0) is 24.3 Å². The molecule has 18 heavy (non-hydrogen) atoms. The van der Waals surface area contributed by atoms with Crippen molar-refractivity contribution in [2.24, 2.45) is 0 Å². The van der Waals surface area contributed by atoms with E-state index in [-0.39, 0.29) is 0 Å². The van der Waals surface area contributed by atoms with E-state index in [0.29, 0.717) is 0 Å². The van der Waals surface area contributed by atoms with Crippen LogP contribution in [0.25, 0.3) is 11.4 Å². The van der Waals surface area contributed by atoms with Crippen LogP contribution >= 0.6 is 0 Å². The van der Waals surface area contributed by atoms with E-state index in [0.717, 1.165) is 22.9 Å². The number of rotatable bonds is 3. The molecule has 0 aliphatic carbocycles. The molecule has 0 spiro atoms. The minimum absolute atomic E-state index is 0.718. The van der Waals surface area contributed by atoms with Crippen LogP contribution in [0.2, 0.25) is 0 Å². The van der Waals surface area contributed by atoms with Crippen molar-refractivity contribution in [2.75, 3.05) is 0 Å². The fourth-order valence-electron chi connectivity index (χ4n) is 1.59. The number of aromatic amines is 1. The average molecular weight is 238 g/mol. The number of hydrogen-bond donors (Lipinski definition) is 1. The Labute approximate surface area is 103 Å². The Morgan fingerprint density at radius 3 is 2.67 bits per heavy atom. The van der Waals surface area contributed by atoms with Crippen molar-refractivity contribution in [1.29, 1.82) is 0 Å². The Morgan fingerprint density at radius 1 is 1.00 bits per heavy atom. The van der Waals surface area contributed by atoms with E-state index < -0.39 is 0 Å². The molecule has 88 valence electrons. The van der Waals surface area contributed by atoms with E-state index in [4.69, 9.17) is 4.74 Å². The van der Waals surface area contributed by atoms with E-state index in [1.165, 1.54) is 6.33 Å². The normalized spacial score (nSPS) is 10.2. The van der Waals surface area contributed by atoms with Crippen LogP contribution in [-0.2, 0) is 0 Å². The highest BCUT2D eigenvalue weighted by molar-refractivity contribution is 5.57. The van der Waals surface area contributed by atoms with Gasteiger partial charge in [-0.3, -0.25) is 10.1 Å². The van der Waals surface area contributed by atoms with E-state index in [1.807, 2.05) is 24.3 Å². The van der Waals surface area contributed by atoms with Gasteiger partial charge in [0, 0.05) is 18.0 Å².